The van der Waals surface area contributed by atoms with Gasteiger partial charge in [0.1, 0.15) is 12.4 Å². The summed E-state index contributed by atoms with van der Waals surface area (Å²) < 4.78 is 10.7. The maximum absolute atomic E-state index is 12.1. The Hall–Kier alpha value is -4.00. The number of ketones is 1. The molecule has 0 aromatic heterocycles. The molecule has 3 rings (SSSR count). The van der Waals surface area contributed by atoms with Gasteiger partial charge >= 0.3 is 5.97 Å². The number of esters is 1. The number of nitrogens with zero attached hydrogens (tertiary/aromatic N) is 1. The van der Waals surface area contributed by atoms with Crippen LogP contribution in [-0.2, 0) is 11.3 Å². The average molecular weight is 391 g/mol. The number of ether oxygens (including phenoxy) is 2. The van der Waals surface area contributed by atoms with Crippen LogP contribution in [0.25, 0.3) is 0 Å². The summed E-state index contributed by atoms with van der Waals surface area (Å²) in [6.45, 7) is -0.103. The van der Waals surface area contributed by atoms with Crippen LogP contribution in [0.15, 0.2) is 78.9 Å². The highest BCUT2D eigenvalue weighted by Crippen LogP contribution is 2.16. The number of hydrogen-bond donors (Lipinski definition) is 0. The van der Waals surface area contributed by atoms with Gasteiger partial charge in [-0.1, -0.05) is 42.5 Å². The lowest BCUT2D eigenvalue weighted by molar-refractivity contribution is -0.384. The lowest BCUT2D eigenvalue weighted by atomic mass is 10.1. The number of nitro benzene ring substituents is 1. The number of hydrogen-bond acceptors (Lipinski definition) is 6. The standard InChI is InChI=1S/C22H17NO6/c24-21(18-7-4-8-19(13-18)23(26)27)15-29-22(25)17-9-11-20(12-10-17)28-14-16-5-2-1-3-6-16/h1-13H,14-15H2. The molecule has 0 bridgehead atoms. The van der Waals surface area contributed by atoms with Crippen LogP contribution < -0.4 is 4.74 Å². The maximum Gasteiger partial charge on any atom is 0.338 e. The first-order valence-corrected chi connectivity index (χ1v) is 8.74. The third-order valence-electron chi connectivity index (χ3n) is 4.05. The summed E-state index contributed by atoms with van der Waals surface area (Å²) in [6.07, 6.45) is 0. The number of rotatable bonds is 8. The minimum absolute atomic E-state index is 0.108. The fourth-order valence-corrected chi connectivity index (χ4v) is 2.52. The van der Waals surface area contributed by atoms with Crippen molar-refractivity contribution in [2.75, 3.05) is 6.61 Å². The second-order valence-corrected chi connectivity index (χ2v) is 6.11. The van der Waals surface area contributed by atoms with Crippen LogP contribution in [0.3, 0.4) is 0 Å². The second-order valence-electron chi connectivity index (χ2n) is 6.11. The van der Waals surface area contributed by atoms with E-state index in [1.807, 2.05) is 30.3 Å². The molecule has 0 heterocycles. The first-order valence-electron chi connectivity index (χ1n) is 8.74. The van der Waals surface area contributed by atoms with Gasteiger partial charge in [0.05, 0.1) is 10.5 Å². The van der Waals surface area contributed by atoms with Crippen LogP contribution in [0.4, 0.5) is 5.69 Å². The zero-order valence-electron chi connectivity index (χ0n) is 15.3. The van der Waals surface area contributed by atoms with Crippen LogP contribution in [0.1, 0.15) is 26.3 Å². The zero-order valence-corrected chi connectivity index (χ0v) is 15.3. The molecule has 0 aliphatic heterocycles. The molecule has 0 radical (unpaired) electrons. The van der Waals surface area contributed by atoms with Crippen molar-refractivity contribution < 1.29 is 24.0 Å². The summed E-state index contributed by atoms with van der Waals surface area (Å²) in [6, 6.07) is 21.3. The monoisotopic (exact) mass is 391 g/mol. The predicted octanol–water partition coefficient (Wildman–Crippen LogP) is 4.21. The van der Waals surface area contributed by atoms with Gasteiger partial charge in [-0.05, 0) is 29.8 Å². The molecule has 0 unspecified atom stereocenters. The van der Waals surface area contributed by atoms with Gasteiger partial charge in [-0.3, -0.25) is 14.9 Å². The van der Waals surface area contributed by atoms with E-state index in [-0.39, 0.29) is 16.8 Å². The lowest BCUT2D eigenvalue weighted by Crippen LogP contribution is -2.14. The van der Waals surface area contributed by atoms with Gasteiger partial charge in [0.15, 0.2) is 6.61 Å². The van der Waals surface area contributed by atoms with Crippen molar-refractivity contribution in [1.29, 1.82) is 0 Å². The van der Waals surface area contributed by atoms with Gasteiger partial charge < -0.3 is 9.47 Å². The van der Waals surface area contributed by atoms with Gasteiger partial charge in [0.2, 0.25) is 5.78 Å². The number of benzene rings is 3. The van der Waals surface area contributed by atoms with E-state index in [0.717, 1.165) is 11.6 Å². The first-order chi connectivity index (χ1) is 14.0. The molecule has 0 atom stereocenters. The number of nitro groups is 1. The largest absolute Gasteiger partial charge is 0.489 e. The topological polar surface area (TPSA) is 95.7 Å². The molecule has 7 heteroatoms. The lowest BCUT2D eigenvalue weighted by Gasteiger charge is -2.08. The fraction of sp³-hybridized carbons (Fsp3) is 0.0909. The summed E-state index contributed by atoms with van der Waals surface area (Å²) in [5.41, 5.74) is 1.20. The average Bonchev–Trinajstić information content (AvgIpc) is 2.77. The van der Waals surface area contributed by atoms with Gasteiger partial charge in [-0.15, -0.1) is 0 Å². The first kappa shape index (κ1) is 19.8. The van der Waals surface area contributed by atoms with Gasteiger partial charge in [0.25, 0.3) is 5.69 Å². The van der Waals surface area contributed by atoms with E-state index in [4.69, 9.17) is 9.47 Å². The van der Waals surface area contributed by atoms with E-state index in [9.17, 15) is 19.7 Å². The van der Waals surface area contributed by atoms with Gasteiger partial charge in [-0.2, -0.15) is 0 Å². The molecule has 3 aromatic rings. The summed E-state index contributed by atoms with van der Waals surface area (Å²) in [5.74, 6) is -0.596. The molecular formula is C22H17NO6. The van der Waals surface area contributed by atoms with E-state index in [1.165, 1.54) is 18.2 Å². The fourth-order valence-electron chi connectivity index (χ4n) is 2.52. The van der Waals surface area contributed by atoms with Crippen molar-refractivity contribution in [3.63, 3.8) is 0 Å². The summed E-state index contributed by atoms with van der Waals surface area (Å²) >= 11 is 0. The molecule has 3 aromatic carbocycles. The number of carbonyl (C=O) groups excluding carboxylic acids is 2. The van der Waals surface area contributed by atoms with Crippen LogP contribution >= 0.6 is 0 Å². The molecule has 0 saturated heterocycles. The Bertz CT molecular complexity index is 1010. The van der Waals surface area contributed by atoms with Crippen molar-refractivity contribution >= 4 is 17.4 Å². The summed E-state index contributed by atoms with van der Waals surface area (Å²) in [4.78, 5) is 34.4. The number of carbonyl (C=O) groups is 2. The highest BCUT2D eigenvalue weighted by atomic mass is 16.6. The number of Topliss-reactive ketones (excluding diaryl/α,β-unsaturated/α-hetero) is 1. The Kier molecular flexibility index (Phi) is 6.32. The quantitative estimate of drug-likeness (QED) is 0.247. The Morgan fingerprint density at radius 3 is 2.28 bits per heavy atom. The van der Waals surface area contributed by atoms with Crippen LogP contribution in [0.5, 0.6) is 5.75 Å². The molecule has 7 nitrogen and oxygen atoms in total. The second kappa shape index (κ2) is 9.27. The van der Waals surface area contributed by atoms with Crippen LogP contribution in [-0.4, -0.2) is 23.3 Å². The third-order valence-corrected chi connectivity index (χ3v) is 4.05. The SMILES string of the molecule is O=C(COC(=O)c1ccc(OCc2ccccc2)cc1)c1cccc([N+](=O)[O-])c1. The molecule has 146 valence electrons. The van der Waals surface area contributed by atoms with Crippen molar-refractivity contribution in [3.8, 4) is 5.75 Å². The third kappa shape index (κ3) is 5.49. The smallest absolute Gasteiger partial charge is 0.338 e. The van der Waals surface area contributed by atoms with E-state index in [1.54, 1.807) is 24.3 Å². The Balaban J connectivity index is 1.53. The van der Waals surface area contributed by atoms with Crippen molar-refractivity contribution in [2.45, 2.75) is 6.61 Å². The molecule has 0 amide bonds. The molecule has 0 spiro atoms. The summed E-state index contributed by atoms with van der Waals surface area (Å²) in [5, 5.41) is 10.8. The van der Waals surface area contributed by atoms with E-state index in [0.29, 0.717) is 12.4 Å². The molecular weight excluding hydrogens is 374 g/mol. The van der Waals surface area contributed by atoms with Gasteiger partial charge in [0, 0.05) is 17.7 Å². The normalized spacial score (nSPS) is 10.2. The van der Waals surface area contributed by atoms with E-state index in [2.05, 4.69) is 0 Å². The highest BCUT2D eigenvalue weighted by molar-refractivity contribution is 5.99. The maximum atomic E-state index is 12.1. The van der Waals surface area contributed by atoms with Crippen molar-refractivity contribution in [3.05, 3.63) is 106 Å². The van der Waals surface area contributed by atoms with Crippen LogP contribution in [0.2, 0.25) is 0 Å². The molecule has 0 aliphatic rings. The molecule has 29 heavy (non-hydrogen) atoms. The Morgan fingerprint density at radius 2 is 1.59 bits per heavy atom. The molecule has 0 saturated carbocycles. The predicted molar refractivity (Wildman–Crippen MR) is 105 cm³/mol. The molecule has 0 fully saturated rings. The number of non-ortho nitro benzene ring substituents is 1. The minimum Gasteiger partial charge on any atom is -0.489 e. The highest BCUT2D eigenvalue weighted by Gasteiger charge is 2.14. The summed E-state index contributed by atoms with van der Waals surface area (Å²) in [7, 11) is 0. The van der Waals surface area contributed by atoms with Crippen molar-refractivity contribution in [2.24, 2.45) is 0 Å². The van der Waals surface area contributed by atoms with Crippen molar-refractivity contribution in [1.82, 2.24) is 0 Å². The van der Waals surface area contributed by atoms with E-state index < -0.39 is 23.3 Å². The van der Waals surface area contributed by atoms with Crippen LogP contribution in [0, 0.1) is 10.1 Å². The molecule has 0 N–H and O–H groups in total. The Morgan fingerprint density at radius 1 is 0.862 bits per heavy atom. The minimum atomic E-state index is -0.668. The Labute approximate surface area is 166 Å². The van der Waals surface area contributed by atoms with Gasteiger partial charge in [-0.25, -0.2) is 4.79 Å². The van der Waals surface area contributed by atoms with E-state index >= 15 is 0 Å². The molecule has 0 aliphatic carbocycles. The zero-order chi connectivity index (χ0) is 20.6.